The summed E-state index contributed by atoms with van der Waals surface area (Å²) in [6.07, 6.45) is -0.197. The van der Waals surface area contributed by atoms with E-state index in [4.69, 9.17) is 10.5 Å². The molecule has 0 spiro atoms. The fourth-order valence-electron chi connectivity index (χ4n) is 1.88. The first-order chi connectivity index (χ1) is 9.08. The Morgan fingerprint density at radius 3 is 2.26 bits per heavy atom. The van der Waals surface area contributed by atoms with E-state index >= 15 is 0 Å². The third-order valence-electron chi connectivity index (χ3n) is 3.05. The summed E-state index contributed by atoms with van der Waals surface area (Å²) in [6, 6.07) is 14.4. The number of nitrogens with two attached hydrogens (primary N) is 1. The van der Waals surface area contributed by atoms with E-state index in [1.807, 2.05) is 44.2 Å². The molecule has 2 nitrogen and oxygen atoms in total. The molecule has 2 aromatic rings. The van der Waals surface area contributed by atoms with Crippen LogP contribution in [0.3, 0.4) is 0 Å². The van der Waals surface area contributed by atoms with E-state index in [1.54, 1.807) is 12.1 Å². The van der Waals surface area contributed by atoms with E-state index in [2.05, 4.69) is 0 Å². The van der Waals surface area contributed by atoms with Crippen molar-refractivity contribution in [3.8, 4) is 5.75 Å². The average molecular weight is 259 g/mol. The predicted molar refractivity (Wildman–Crippen MR) is 74.5 cm³/mol. The maximum atomic E-state index is 13.9. The van der Waals surface area contributed by atoms with Crippen LogP contribution in [0, 0.1) is 5.82 Å². The monoisotopic (exact) mass is 259 g/mol. The summed E-state index contributed by atoms with van der Waals surface area (Å²) >= 11 is 0. The van der Waals surface area contributed by atoms with Crippen molar-refractivity contribution in [2.24, 2.45) is 5.73 Å². The number of benzene rings is 2. The van der Waals surface area contributed by atoms with Gasteiger partial charge in [-0.05, 0) is 37.1 Å². The van der Waals surface area contributed by atoms with Gasteiger partial charge in [0.15, 0.2) is 11.6 Å². The Morgan fingerprint density at radius 2 is 1.68 bits per heavy atom. The first-order valence-electron chi connectivity index (χ1n) is 6.34. The second kappa shape index (κ2) is 5.85. The second-order valence-corrected chi connectivity index (χ2v) is 4.65. The zero-order valence-electron chi connectivity index (χ0n) is 11.1. The Balaban J connectivity index is 2.15. The summed E-state index contributed by atoms with van der Waals surface area (Å²) in [6.45, 7) is 3.72. The molecule has 0 fully saturated rings. The molecule has 0 aliphatic heterocycles. The lowest BCUT2D eigenvalue weighted by Gasteiger charge is -2.16. The Kier molecular flexibility index (Phi) is 4.17. The molecule has 0 bridgehead atoms. The quantitative estimate of drug-likeness (QED) is 0.901. The maximum absolute atomic E-state index is 13.9. The fraction of sp³-hybridized carbons (Fsp3) is 0.250. The average Bonchev–Trinajstić information content (AvgIpc) is 2.41. The Bertz CT molecular complexity index is 540. The van der Waals surface area contributed by atoms with Gasteiger partial charge in [-0.3, -0.25) is 0 Å². The zero-order valence-corrected chi connectivity index (χ0v) is 11.1. The van der Waals surface area contributed by atoms with Crippen molar-refractivity contribution in [2.75, 3.05) is 0 Å². The minimum atomic E-state index is -0.377. The molecule has 0 heterocycles. The van der Waals surface area contributed by atoms with Crippen LogP contribution in [0.2, 0.25) is 0 Å². The van der Waals surface area contributed by atoms with Crippen LogP contribution in [0.1, 0.15) is 37.1 Å². The van der Waals surface area contributed by atoms with Crippen LogP contribution in [0.25, 0.3) is 0 Å². The van der Waals surface area contributed by atoms with E-state index in [-0.39, 0.29) is 23.7 Å². The van der Waals surface area contributed by atoms with Gasteiger partial charge in [-0.15, -0.1) is 0 Å². The third kappa shape index (κ3) is 3.32. The molecule has 0 radical (unpaired) electrons. The highest BCUT2D eigenvalue weighted by Crippen LogP contribution is 2.26. The van der Waals surface area contributed by atoms with Crippen LogP contribution >= 0.6 is 0 Å². The van der Waals surface area contributed by atoms with Crippen LogP contribution in [-0.4, -0.2) is 0 Å². The van der Waals surface area contributed by atoms with Crippen molar-refractivity contribution in [1.82, 2.24) is 0 Å². The summed E-state index contributed by atoms with van der Waals surface area (Å²) in [7, 11) is 0. The zero-order chi connectivity index (χ0) is 13.8. The molecule has 0 saturated carbocycles. The molecule has 2 N–H and O–H groups in total. The molecule has 0 aromatic heterocycles. The number of hydrogen-bond donors (Lipinski definition) is 1. The lowest BCUT2D eigenvalue weighted by molar-refractivity contribution is 0.216. The van der Waals surface area contributed by atoms with E-state index in [0.29, 0.717) is 0 Å². The van der Waals surface area contributed by atoms with Gasteiger partial charge in [-0.25, -0.2) is 4.39 Å². The van der Waals surface area contributed by atoms with Crippen molar-refractivity contribution >= 4 is 0 Å². The van der Waals surface area contributed by atoms with E-state index in [1.165, 1.54) is 6.07 Å². The highest BCUT2D eigenvalue weighted by molar-refractivity contribution is 5.31. The number of halogens is 1. The van der Waals surface area contributed by atoms with Gasteiger partial charge in [0.25, 0.3) is 0 Å². The first kappa shape index (κ1) is 13.6. The van der Waals surface area contributed by atoms with E-state index in [9.17, 15) is 4.39 Å². The molecule has 0 amide bonds. The molecular formula is C16H18FNO. The van der Waals surface area contributed by atoms with Gasteiger partial charge in [0.2, 0.25) is 0 Å². The summed E-state index contributed by atoms with van der Waals surface area (Å²) < 4.78 is 19.6. The summed E-state index contributed by atoms with van der Waals surface area (Å²) in [4.78, 5) is 0. The van der Waals surface area contributed by atoms with Crippen molar-refractivity contribution < 1.29 is 9.13 Å². The van der Waals surface area contributed by atoms with Gasteiger partial charge in [0.1, 0.15) is 6.10 Å². The summed E-state index contributed by atoms with van der Waals surface area (Å²) in [5.74, 6) is -0.127. The van der Waals surface area contributed by atoms with E-state index < -0.39 is 0 Å². The number of hydrogen-bond acceptors (Lipinski definition) is 2. The van der Waals surface area contributed by atoms with Crippen LogP contribution < -0.4 is 10.5 Å². The van der Waals surface area contributed by atoms with Crippen molar-refractivity contribution in [3.05, 3.63) is 65.5 Å². The molecule has 0 aliphatic rings. The van der Waals surface area contributed by atoms with Crippen LogP contribution in [0.5, 0.6) is 5.75 Å². The van der Waals surface area contributed by atoms with Gasteiger partial charge in [-0.2, -0.15) is 0 Å². The smallest absolute Gasteiger partial charge is 0.165 e. The van der Waals surface area contributed by atoms with Gasteiger partial charge < -0.3 is 10.5 Å². The van der Waals surface area contributed by atoms with Crippen molar-refractivity contribution in [2.45, 2.75) is 26.0 Å². The minimum Gasteiger partial charge on any atom is -0.483 e. The van der Waals surface area contributed by atoms with Gasteiger partial charge in [0, 0.05) is 6.04 Å². The SMILES string of the molecule is CC(Oc1ccc([C@H](C)N)cc1F)c1ccccc1. The summed E-state index contributed by atoms with van der Waals surface area (Å²) in [5.41, 5.74) is 7.49. The van der Waals surface area contributed by atoms with Crippen LogP contribution in [0.15, 0.2) is 48.5 Å². The highest BCUT2D eigenvalue weighted by Gasteiger charge is 2.11. The molecule has 2 atom stereocenters. The van der Waals surface area contributed by atoms with E-state index in [0.717, 1.165) is 11.1 Å². The van der Waals surface area contributed by atoms with Crippen molar-refractivity contribution in [3.63, 3.8) is 0 Å². The third-order valence-corrected chi connectivity index (χ3v) is 3.05. The largest absolute Gasteiger partial charge is 0.483 e. The lowest BCUT2D eigenvalue weighted by Crippen LogP contribution is -2.07. The Morgan fingerprint density at radius 1 is 1.00 bits per heavy atom. The standard InChI is InChI=1S/C16H18FNO/c1-11(18)14-8-9-16(15(17)10-14)19-12(2)13-6-4-3-5-7-13/h3-12H,18H2,1-2H3/t11-,12?/m0/s1. The Hall–Kier alpha value is -1.87. The molecule has 2 rings (SSSR count). The van der Waals surface area contributed by atoms with Crippen LogP contribution in [-0.2, 0) is 0 Å². The number of rotatable bonds is 4. The maximum Gasteiger partial charge on any atom is 0.165 e. The molecule has 100 valence electrons. The molecule has 3 heteroatoms. The first-order valence-corrected chi connectivity index (χ1v) is 6.34. The number of ether oxygens (including phenoxy) is 1. The van der Waals surface area contributed by atoms with Crippen molar-refractivity contribution in [1.29, 1.82) is 0 Å². The lowest BCUT2D eigenvalue weighted by atomic mass is 10.1. The minimum absolute atomic E-state index is 0.185. The molecule has 0 aliphatic carbocycles. The molecule has 19 heavy (non-hydrogen) atoms. The Labute approximate surface area is 113 Å². The van der Waals surface area contributed by atoms with Gasteiger partial charge in [0.05, 0.1) is 0 Å². The van der Waals surface area contributed by atoms with Crippen LogP contribution in [0.4, 0.5) is 4.39 Å². The molecule has 0 saturated heterocycles. The summed E-state index contributed by atoms with van der Waals surface area (Å²) in [5, 5.41) is 0. The normalized spacial score (nSPS) is 13.9. The topological polar surface area (TPSA) is 35.2 Å². The fourth-order valence-corrected chi connectivity index (χ4v) is 1.88. The molecular weight excluding hydrogens is 241 g/mol. The molecule has 1 unspecified atom stereocenters. The molecule has 2 aromatic carbocycles. The van der Waals surface area contributed by atoms with Gasteiger partial charge in [-0.1, -0.05) is 36.4 Å². The predicted octanol–water partition coefficient (Wildman–Crippen LogP) is 3.99. The second-order valence-electron chi connectivity index (χ2n) is 4.65. The highest BCUT2D eigenvalue weighted by atomic mass is 19.1. The van der Waals surface area contributed by atoms with Gasteiger partial charge >= 0.3 is 0 Å².